The van der Waals surface area contributed by atoms with Gasteiger partial charge in [0.2, 0.25) is 5.76 Å². The Morgan fingerprint density at radius 3 is 2.58 bits per heavy atom. The first-order chi connectivity index (χ1) is 14.6. The third kappa shape index (κ3) is 5.20. The first kappa shape index (κ1) is 22.3. The molecule has 31 heavy (non-hydrogen) atoms. The van der Waals surface area contributed by atoms with E-state index in [0.717, 1.165) is 22.3 Å². The lowest BCUT2D eigenvalue weighted by molar-refractivity contribution is -0.274. The maximum absolute atomic E-state index is 12.6. The van der Waals surface area contributed by atoms with Crippen molar-refractivity contribution in [3.8, 4) is 5.75 Å². The number of carbonyl (C=O) groups is 1. The predicted molar refractivity (Wildman–Crippen MR) is 111 cm³/mol. The van der Waals surface area contributed by atoms with E-state index in [9.17, 15) is 23.1 Å². The van der Waals surface area contributed by atoms with Gasteiger partial charge in [0.25, 0.3) is 0 Å². The van der Waals surface area contributed by atoms with E-state index in [0.29, 0.717) is 17.4 Å². The van der Waals surface area contributed by atoms with Crippen molar-refractivity contribution >= 4 is 22.9 Å². The van der Waals surface area contributed by atoms with E-state index in [1.165, 1.54) is 18.2 Å². The number of benzene rings is 2. The number of fused-ring (bicyclic) bond motifs is 1. The van der Waals surface area contributed by atoms with E-state index in [1.54, 1.807) is 25.1 Å². The molecule has 0 bridgehead atoms. The number of aromatic nitrogens is 1. The Bertz CT molecular complexity index is 1150. The summed E-state index contributed by atoms with van der Waals surface area (Å²) in [6, 6.07) is 11.6. The van der Waals surface area contributed by atoms with Crippen molar-refractivity contribution in [1.29, 1.82) is 0 Å². The summed E-state index contributed by atoms with van der Waals surface area (Å²) in [5, 5.41) is 9.92. The number of aliphatic carboxylic acids is 1. The lowest BCUT2D eigenvalue weighted by Crippen LogP contribution is -2.17. The zero-order valence-electron chi connectivity index (χ0n) is 17.3. The van der Waals surface area contributed by atoms with Crippen LogP contribution in [0.25, 0.3) is 17.0 Å². The highest BCUT2D eigenvalue weighted by molar-refractivity contribution is 5.90. The van der Waals surface area contributed by atoms with Crippen LogP contribution in [0.4, 0.5) is 13.2 Å². The fraction of sp³-hybridized carbons (Fsp3) is 0.261. The fourth-order valence-corrected chi connectivity index (χ4v) is 3.52. The number of nitrogens with zero attached hydrogens (tertiary/aromatic N) is 1. The summed E-state index contributed by atoms with van der Waals surface area (Å²) in [5.41, 5.74) is 4.12. The van der Waals surface area contributed by atoms with Gasteiger partial charge in [-0.3, -0.25) is 0 Å². The number of hydrogen-bond donors (Lipinski definition) is 1. The standard InChI is InChI=1S/C23H22F3NO4/c1-4-30-21(22(28)29)12-16-7-5-6-15(10-16)11-18-14(2)27(3)20-9-8-17(13-19(18)20)31-23(24,25)26/h5-10,12-13H,4,11H2,1-3H3,(H,28,29). The molecule has 3 aromatic rings. The Balaban J connectivity index is 2.00. The maximum Gasteiger partial charge on any atom is 0.573 e. The Morgan fingerprint density at radius 1 is 1.19 bits per heavy atom. The highest BCUT2D eigenvalue weighted by Gasteiger charge is 2.31. The van der Waals surface area contributed by atoms with Gasteiger partial charge in [0.15, 0.2) is 0 Å². The van der Waals surface area contributed by atoms with Gasteiger partial charge >= 0.3 is 12.3 Å². The van der Waals surface area contributed by atoms with Gasteiger partial charge in [-0.05, 0) is 61.2 Å². The van der Waals surface area contributed by atoms with Crippen LogP contribution in [0.1, 0.15) is 29.3 Å². The molecule has 8 heteroatoms. The van der Waals surface area contributed by atoms with Crippen LogP contribution < -0.4 is 4.74 Å². The lowest BCUT2D eigenvalue weighted by atomic mass is 10.00. The first-order valence-electron chi connectivity index (χ1n) is 9.59. The van der Waals surface area contributed by atoms with Gasteiger partial charge in [0.05, 0.1) is 6.61 Å². The summed E-state index contributed by atoms with van der Waals surface area (Å²) < 4.78 is 49.1. The highest BCUT2D eigenvalue weighted by atomic mass is 19.4. The predicted octanol–water partition coefficient (Wildman–Crippen LogP) is 5.44. The Morgan fingerprint density at radius 2 is 1.94 bits per heavy atom. The molecule has 0 unspecified atom stereocenters. The SMILES string of the molecule is CCOC(=Cc1cccc(Cc2c(C)n(C)c3ccc(OC(F)(F)F)cc23)c1)C(=O)O. The van der Waals surface area contributed by atoms with Crippen molar-refractivity contribution in [2.24, 2.45) is 7.05 Å². The number of ether oxygens (including phenoxy) is 2. The van der Waals surface area contributed by atoms with Crippen LogP contribution in [0, 0.1) is 6.92 Å². The summed E-state index contributed by atoms with van der Waals surface area (Å²) in [6.07, 6.45) is -2.86. The largest absolute Gasteiger partial charge is 0.573 e. The van der Waals surface area contributed by atoms with Crippen LogP contribution in [-0.2, 0) is 23.0 Å². The minimum atomic E-state index is -4.76. The number of carboxylic acids is 1. The topological polar surface area (TPSA) is 60.7 Å². The van der Waals surface area contributed by atoms with E-state index < -0.39 is 12.3 Å². The molecule has 0 aliphatic rings. The van der Waals surface area contributed by atoms with Crippen LogP contribution in [0.5, 0.6) is 5.75 Å². The van der Waals surface area contributed by atoms with E-state index in [4.69, 9.17) is 4.74 Å². The summed E-state index contributed by atoms with van der Waals surface area (Å²) in [7, 11) is 1.85. The average Bonchev–Trinajstić information content (AvgIpc) is 2.91. The third-order valence-electron chi connectivity index (χ3n) is 4.97. The van der Waals surface area contributed by atoms with Gasteiger partial charge in [0, 0.05) is 23.6 Å². The molecule has 0 saturated heterocycles. The Hall–Kier alpha value is -3.42. The molecule has 0 amide bonds. The molecule has 0 aliphatic heterocycles. The van der Waals surface area contributed by atoms with Gasteiger partial charge in [0.1, 0.15) is 5.75 Å². The third-order valence-corrected chi connectivity index (χ3v) is 4.97. The molecule has 5 nitrogen and oxygen atoms in total. The van der Waals surface area contributed by atoms with E-state index in [2.05, 4.69) is 4.74 Å². The fourth-order valence-electron chi connectivity index (χ4n) is 3.52. The normalized spacial score (nSPS) is 12.3. The molecule has 0 aliphatic carbocycles. The molecule has 3 rings (SSSR count). The Kier molecular flexibility index (Phi) is 6.29. The quantitative estimate of drug-likeness (QED) is 0.398. The number of aryl methyl sites for hydroxylation is 1. The number of carboxylic acid groups (broad SMARTS) is 1. The van der Waals surface area contributed by atoms with E-state index >= 15 is 0 Å². The maximum atomic E-state index is 12.6. The van der Waals surface area contributed by atoms with E-state index in [1.807, 2.05) is 30.7 Å². The van der Waals surface area contributed by atoms with Crippen LogP contribution in [0.15, 0.2) is 48.2 Å². The number of halogens is 3. The molecule has 0 atom stereocenters. The second-order valence-corrected chi connectivity index (χ2v) is 7.02. The zero-order chi connectivity index (χ0) is 22.8. The van der Waals surface area contributed by atoms with Crippen LogP contribution in [-0.4, -0.2) is 28.6 Å². The summed E-state index contributed by atoms with van der Waals surface area (Å²) in [4.78, 5) is 11.3. The van der Waals surface area contributed by atoms with E-state index in [-0.39, 0.29) is 18.1 Å². The van der Waals surface area contributed by atoms with Crippen LogP contribution in [0.2, 0.25) is 0 Å². The summed E-state index contributed by atoms with van der Waals surface area (Å²) in [6.45, 7) is 3.84. The number of rotatable bonds is 7. The molecule has 1 N–H and O–H groups in total. The molecule has 1 heterocycles. The Labute approximate surface area is 177 Å². The van der Waals surface area contributed by atoms with Gasteiger partial charge in [-0.15, -0.1) is 13.2 Å². The molecule has 164 valence electrons. The molecule has 1 aromatic heterocycles. The van der Waals surface area contributed by atoms with Crippen LogP contribution >= 0.6 is 0 Å². The number of alkyl halides is 3. The van der Waals surface area contributed by atoms with Gasteiger partial charge in [-0.1, -0.05) is 24.3 Å². The van der Waals surface area contributed by atoms with Gasteiger partial charge in [-0.25, -0.2) is 4.79 Å². The lowest BCUT2D eigenvalue weighted by Gasteiger charge is -2.09. The minimum absolute atomic E-state index is 0.157. The molecular formula is C23H22F3NO4. The van der Waals surface area contributed by atoms with Crippen molar-refractivity contribution < 1.29 is 32.5 Å². The second-order valence-electron chi connectivity index (χ2n) is 7.02. The van der Waals surface area contributed by atoms with Crippen molar-refractivity contribution in [3.05, 3.63) is 70.6 Å². The van der Waals surface area contributed by atoms with Crippen molar-refractivity contribution in [2.45, 2.75) is 26.6 Å². The van der Waals surface area contributed by atoms with Crippen LogP contribution in [0.3, 0.4) is 0 Å². The summed E-state index contributed by atoms with van der Waals surface area (Å²) in [5.74, 6) is -1.59. The first-order valence-corrected chi connectivity index (χ1v) is 9.59. The van der Waals surface area contributed by atoms with Crippen molar-refractivity contribution in [3.63, 3.8) is 0 Å². The van der Waals surface area contributed by atoms with Crippen molar-refractivity contribution in [2.75, 3.05) is 6.61 Å². The molecular weight excluding hydrogens is 411 g/mol. The smallest absolute Gasteiger partial charge is 0.487 e. The highest BCUT2D eigenvalue weighted by Crippen LogP contribution is 2.32. The molecule has 0 fully saturated rings. The molecule has 0 radical (unpaired) electrons. The molecule has 0 spiro atoms. The molecule has 0 saturated carbocycles. The number of hydrogen-bond acceptors (Lipinski definition) is 3. The summed E-state index contributed by atoms with van der Waals surface area (Å²) >= 11 is 0. The minimum Gasteiger partial charge on any atom is -0.487 e. The molecule has 2 aromatic carbocycles. The van der Waals surface area contributed by atoms with Crippen molar-refractivity contribution in [1.82, 2.24) is 4.57 Å². The second kappa shape index (κ2) is 8.75. The average molecular weight is 433 g/mol. The van der Waals surface area contributed by atoms with Gasteiger partial charge in [-0.2, -0.15) is 0 Å². The van der Waals surface area contributed by atoms with Gasteiger partial charge < -0.3 is 19.1 Å². The monoisotopic (exact) mass is 433 g/mol. The zero-order valence-corrected chi connectivity index (χ0v) is 17.3.